The first kappa shape index (κ1) is 10.1. The number of hydrogen-bond donors (Lipinski definition) is 1. The van der Waals surface area contributed by atoms with Crippen molar-refractivity contribution in [3.05, 3.63) is 17.5 Å². The summed E-state index contributed by atoms with van der Waals surface area (Å²) in [7, 11) is 0. The van der Waals surface area contributed by atoms with Crippen LogP contribution in [0.3, 0.4) is 0 Å². The third-order valence-corrected chi connectivity index (χ3v) is 1.75. The van der Waals surface area contributed by atoms with Crippen molar-refractivity contribution in [2.75, 3.05) is 12.5 Å². The van der Waals surface area contributed by atoms with Gasteiger partial charge in [-0.3, -0.25) is 5.10 Å². The van der Waals surface area contributed by atoms with Crippen LogP contribution >= 0.6 is 11.6 Å². The number of esters is 1. The molecule has 0 saturated carbocycles. The summed E-state index contributed by atoms with van der Waals surface area (Å²) in [6, 6.07) is 0. The number of aryl methyl sites for hydroxylation is 1. The molecule has 13 heavy (non-hydrogen) atoms. The summed E-state index contributed by atoms with van der Waals surface area (Å²) >= 11 is 5.55. The number of rotatable bonds is 4. The third kappa shape index (κ3) is 2.45. The lowest BCUT2D eigenvalue weighted by Gasteiger charge is -2.00. The van der Waals surface area contributed by atoms with Crippen molar-refractivity contribution in [3.8, 4) is 0 Å². The second-order valence-electron chi connectivity index (χ2n) is 2.42. The summed E-state index contributed by atoms with van der Waals surface area (Å²) < 4.78 is 4.83. The van der Waals surface area contributed by atoms with Gasteiger partial charge in [-0.2, -0.15) is 5.10 Å². The lowest BCUT2D eigenvalue weighted by molar-refractivity contribution is 0.0525. The van der Waals surface area contributed by atoms with Gasteiger partial charge in [0, 0.05) is 12.3 Å². The van der Waals surface area contributed by atoms with Crippen molar-refractivity contribution in [2.45, 2.75) is 13.3 Å². The molecular formula is C8H11ClN2O2. The van der Waals surface area contributed by atoms with Crippen LogP contribution in [-0.4, -0.2) is 28.7 Å². The molecule has 4 nitrogen and oxygen atoms in total. The number of carbonyl (C=O) groups is 1. The average Bonchev–Trinajstić information content (AvgIpc) is 2.54. The van der Waals surface area contributed by atoms with Crippen molar-refractivity contribution in [1.29, 1.82) is 0 Å². The minimum atomic E-state index is -0.351. The van der Waals surface area contributed by atoms with E-state index in [0.29, 0.717) is 24.5 Å². The Labute approximate surface area is 81.2 Å². The molecule has 0 aliphatic heterocycles. The van der Waals surface area contributed by atoms with Crippen LogP contribution in [0.25, 0.3) is 0 Å². The Balaban J connectivity index is 2.74. The molecule has 0 amide bonds. The quantitative estimate of drug-likeness (QED) is 0.593. The number of carbonyl (C=O) groups excluding carboxylic acids is 1. The van der Waals surface area contributed by atoms with E-state index >= 15 is 0 Å². The molecule has 0 bridgehead atoms. The SMILES string of the molecule is CCOC(=O)c1cn[nH]c1CCCl. The Kier molecular flexibility index (Phi) is 3.76. The number of aromatic nitrogens is 2. The summed E-state index contributed by atoms with van der Waals surface area (Å²) in [5, 5.41) is 6.47. The molecule has 1 heterocycles. The van der Waals surface area contributed by atoms with Gasteiger partial charge in [-0.25, -0.2) is 4.79 Å². The maximum Gasteiger partial charge on any atom is 0.341 e. The van der Waals surface area contributed by atoms with Crippen molar-refractivity contribution in [2.24, 2.45) is 0 Å². The molecule has 5 heteroatoms. The van der Waals surface area contributed by atoms with E-state index in [1.54, 1.807) is 6.92 Å². The lowest BCUT2D eigenvalue weighted by Crippen LogP contribution is -2.06. The summed E-state index contributed by atoms with van der Waals surface area (Å²) in [4.78, 5) is 11.3. The van der Waals surface area contributed by atoms with Gasteiger partial charge in [0.05, 0.1) is 18.5 Å². The Morgan fingerprint density at radius 2 is 2.54 bits per heavy atom. The Hall–Kier alpha value is -1.03. The average molecular weight is 203 g/mol. The van der Waals surface area contributed by atoms with Gasteiger partial charge < -0.3 is 4.74 Å². The van der Waals surface area contributed by atoms with E-state index < -0.39 is 0 Å². The molecule has 0 atom stereocenters. The summed E-state index contributed by atoms with van der Waals surface area (Å²) in [5.74, 6) is 0.102. The monoisotopic (exact) mass is 202 g/mol. The topological polar surface area (TPSA) is 55.0 Å². The van der Waals surface area contributed by atoms with Crippen molar-refractivity contribution < 1.29 is 9.53 Å². The fourth-order valence-electron chi connectivity index (χ4n) is 0.983. The fraction of sp³-hybridized carbons (Fsp3) is 0.500. The molecular weight excluding hydrogens is 192 g/mol. The number of nitrogens with one attached hydrogen (secondary N) is 1. The van der Waals surface area contributed by atoms with Gasteiger partial charge in [0.2, 0.25) is 0 Å². The van der Waals surface area contributed by atoms with Crippen LogP contribution in [0.1, 0.15) is 23.0 Å². The molecule has 0 aromatic carbocycles. The Morgan fingerprint density at radius 1 is 1.77 bits per heavy atom. The van der Waals surface area contributed by atoms with Crippen molar-refractivity contribution in [3.63, 3.8) is 0 Å². The number of nitrogens with zero attached hydrogens (tertiary/aromatic N) is 1. The summed E-state index contributed by atoms with van der Waals surface area (Å²) in [5.41, 5.74) is 1.20. The molecule has 0 spiro atoms. The number of aromatic amines is 1. The van der Waals surface area contributed by atoms with E-state index in [2.05, 4.69) is 10.2 Å². The van der Waals surface area contributed by atoms with Crippen LogP contribution in [0.5, 0.6) is 0 Å². The summed E-state index contributed by atoms with van der Waals surface area (Å²) in [6.45, 7) is 2.13. The van der Waals surface area contributed by atoms with Gasteiger partial charge >= 0.3 is 5.97 Å². The van der Waals surface area contributed by atoms with E-state index in [4.69, 9.17) is 16.3 Å². The molecule has 0 aliphatic rings. The highest BCUT2D eigenvalue weighted by molar-refractivity contribution is 6.18. The molecule has 1 aromatic heterocycles. The second-order valence-corrected chi connectivity index (χ2v) is 2.80. The molecule has 0 saturated heterocycles. The van der Waals surface area contributed by atoms with Crippen LogP contribution in [0.4, 0.5) is 0 Å². The van der Waals surface area contributed by atoms with Gasteiger partial charge in [0.25, 0.3) is 0 Å². The van der Waals surface area contributed by atoms with Gasteiger partial charge in [-0.15, -0.1) is 11.6 Å². The highest BCUT2D eigenvalue weighted by Crippen LogP contribution is 2.07. The van der Waals surface area contributed by atoms with Gasteiger partial charge in [-0.1, -0.05) is 0 Å². The van der Waals surface area contributed by atoms with Crippen LogP contribution in [-0.2, 0) is 11.2 Å². The van der Waals surface area contributed by atoms with Crippen LogP contribution < -0.4 is 0 Å². The standard InChI is InChI=1S/C8H11ClN2O2/c1-2-13-8(12)6-5-10-11-7(6)3-4-9/h5H,2-4H2,1H3,(H,10,11). The van der Waals surface area contributed by atoms with Gasteiger partial charge in [0.1, 0.15) is 5.56 Å². The third-order valence-electron chi connectivity index (χ3n) is 1.56. The van der Waals surface area contributed by atoms with E-state index in [1.807, 2.05) is 0 Å². The number of alkyl halides is 1. The molecule has 0 unspecified atom stereocenters. The molecule has 1 aromatic rings. The molecule has 0 aliphatic carbocycles. The zero-order valence-corrected chi connectivity index (χ0v) is 8.10. The summed E-state index contributed by atoms with van der Waals surface area (Å²) in [6.07, 6.45) is 2.05. The van der Waals surface area contributed by atoms with Gasteiger partial charge in [-0.05, 0) is 6.92 Å². The van der Waals surface area contributed by atoms with Crippen LogP contribution in [0, 0.1) is 0 Å². The van der Waals surface area contributed by atoms with Crippen LogP contribution in [0.2, 0.25) is 0 Å². The molecule has 0 fully saturated rings. The van der Waals surface area contributed by atoms with E-state index in [-0.39, 0.29) is 5.97 Å². The van der Waals surface area contributed by atoms with Crippen LogP contribution in [0.15, 0.2) is 6.20 Å². The fourth-order valence-corrected chi connectivity index (χ4v) is 1.17. The van der Waals surface area contributed by atoms with Crippen molar-refractivity contribution >= 4 is 17.6 Å². The molecule has 72 valence electrons. The number of hydrogen-bond acceptors (Lipinski definition) is 3. The van der Waals surface area contributed by atoms with E-state index in [0.717, 1.165) is 5.69 Å². The zero-order chi connectivity index (χ0) is 9.68. The first-order chi connectivity index (χ1) is 6.29. The zero-order valence-electron chi connectivity index (χ0n) is 7.34. The molecule has 1 N–H and O–H groups in total. The smallest absolute Gasteiger partial charge is 0.341 e. The van der Waals surface area contributed by atoms with Gasteiger partial charge in [0.15, 0.2) is 0 Å². The van der Waals surface area contributed by atoms with E-state index in [9.17, 15) is 4.79 Å². The lowest BCUT2D eigenvalue weighted by atomic mass is 10.2. The largest absolute Gasteiger partial charge is 0.462 e. The van der Waals surface area contributed by atoms with Crippen molar-refractivity contribution in [1.82, 2.24) is 10.2 Å². The maximum absolute atomic E-state index is 11.3. The minimum absolute atomic E-state index is 0.351. The highest BCUT2D eigenvalue weighted by Gasteiger charge is 2.13. The first-order valence-corrected chi connectivity index (χ1v) is 4.58. The number of H-pyrrole nitrogens is 1. The predicted octanol–water partition coefficient (Wildman–Crippen LogP) is 1.37. The Morgan fingerprint density at radius 3 is 3.15 bits per heavy atom. The molecule has 0 radical (unpaired) electrons. The number of ether oxygens (including phenoxy) is 1. The molecule has 1 rings (SSSR count). The highest BCUT2D eigenvalue weighted by atomic mass is 35.5. The number of halogens is 1. The normalized spacial score (nSPS) is 10.0. The predicted molar refractivity (Wildman–Crippen MR) is 49.0 cm³/mol. The minimum Gasteiger partial charge on any atom is -0.462 e. The van der Waals surface area contributed by atoms with E-state index in [1.165, 1.54) is 6.20 Å². The first-order valence-electron chi connectivity index (χ1n) is 4.05. The maximum atomic E-state index is 11.3. The second kappa shape index (κ2) is 4.87. The Bertz CT molecular complexity index is 285.